The fourth-order valence-corrected chi connectivity index (χ4v) is 1.73. The fraction of sp³-hybridized carbons (Fsp3) is 0.462. The SMILES string of the molecule is COc1cc(CNc2nnnn2C)ccc1OC(C)C. The van der Waals surface area contributed by atoms with Crippen molar-refractivity contribution in [1.29, 1.82) is 0 Å². The van der Waals surface area contributed by atoms with Gasteiger partial charge in [-0.3, -0.25) is 0 Å². The topological polar surface area (TPSA) is 74.1 Å². The van der Waals surface area contributed by atoms with Crippen LogP contribution in [0.5, 0.6) is 11.5 Å². The molecule has 20 heavy (non-hydrogen) atoms. The van der Waals surface area contributed by atoms with E-state index in [1.165, 1.54) is 0 Å². The third-order valence-electron chi connectivity index (χ3n) is 2.66. The van der Waals surface area contributed by atoms with Crippen LogP contribution < -0.4 is 14.8 Å². The molecule has 0 bridgehead atoms. The highest BCUT2D eigenvalue weighted by atomic mass is 16.5. The zero-order valence-electron chi connectivity index (χ0n) is 12.1. The highest BCUT2D eigenvalue weighted by molar-refractivity contribution is 5.44. The smallest absolute Gasteiger partial charge is 0.242 e. The summed E-state index contributed by atoms with van der Waals surface area (Å²) in [5.41, 5.74) is 1.06. The van der Waals surface area contributed by atoms with Gasteiger partial charge in [-0.1, -0.05) is 11.2 Å². The average Bonchev–Trinajstić information content (AvgIpc) is 2.82. The molecule has 0 amide bonds. The maximum atomic E-state index is 5.68. The summed E-state index contributed by atoms with van der Waals surface area (Å²) in [4.78, 5) is 0. The summed E-state index contributed by atoms with van der Waals surface area (Å²) in [7, 11) is 3.41. The number of aryl methyl sites for hydroxylation is 1. The van der Waals surface area contributed by atoms with Crippen molar-refractivity contribution in [1.82, 2.24) is 20.2 Å². The van der Waals surface area contributed by atoms with Crippen LogP contribution in [0.25, 0.3) is 0 Å². The maximum Gasteiger partial charge on any atom is 0.242 e. The van der Waals surface area contributed by atoms with Gasteiger partial charge in [0, 0.05) is 13.6 Å². The predicted molar refractivity (Wildman–Crippen MR) is 74.9 cm³/mol. The summed E-state index contributed by atoms with van der Waals surface area (Å²) in [5.74, 6) is 2.08. The molecule has 0 unspecified atom stereocenters. The van der Waals surface area contributed by atoms with Gasteiger partial charge >= 0.3 is 0 Å². The standard InChI is InChI=1S/C13H19N5O2/c1-9(2)20-11-6-5-10(7-12(11)19-4)8-14-13-15-16-17-18(13)3/h5-7,9H,8H2,1-4H3,(H,14,15,17). The Balaban J connectivity index is 2.07. The van der Waals surface area contributed by atoms with E-state index >= 15 is 0 Å². The lowest BCUT2D eigenvalue weighted by atomic mass is 10.2. The van der Waals surface area contributed by atoms with Crippen LogP contribution in [-0.4, -0.2) is 33.4 Å². The first-order chi connectivity index (χ1) is 9.60. The molecule has 0 aliphatic heterocycles. The molecule has 0 aliphatic carbocycles. The second-order valence-corrected chi connectivity index (χ2v) is 4.63. The Labute approximate surface area is 117 Å². The monoisotopic (exact) mass is 277 g/mol. The molecule has 108 valence electrons. The number of hydrogen-bond donors (Lipinski definition) is 1. The molecule has 1 N–H and O–H groups in total. The summed E-state index contributed by atoms with van der Waals surface area (Å²) in [6.07, 6.45) is 0.109. The molecule has 0 saturated carbocycles. The van der Waals surface area contributed by atoms with Gasteiger partial charge in [0.2, 0.25) is 5.95 Å². The van der Waals surface area contributed by atoms with E-state index in [2.05, 4.69) is 20.8 Å². The van der Waals surface area contributed by atoms with E-state index in [1.54, 1.807) is 18.8 Å². The Kier molecular flexibility index (Phi) is 4.39. The number of nitrogens with one attached hydrogen (secondary N) is 1. The first-order valence-corrected chi connectivity index (χ1v) is 6.40. The Morgan fingerprint density at radius 1 is 1.30 bits per heavy atom. The summed E-state index contributed by atoms with van der Waals surface area (Å²) in [6, 6.07) is 5.83. The van der Waals surface area contributed by atoms with Gasteiger partial charge in [-0.2, -0.15) is 0 Å². The van der Waals surface area contributed by atoms with E-state index in [4.69, 9.17) is 9.47 Å². The number of methoxy groups -OCH3 is 1. The van der Waals surface area contributed by atoms with Gasteiger partial charge in [0.15, 0.2) is 11.5 Å². The predicted octanol–water partition coefficient (Wildman–Crippen LogP) is 1.62. The third-order valence-corrected chi connectivity index (χ3v) is 2.66. The van der Waals surface area contributed by atoms with Crippen molar-refractivity contribution in [2.24, 2.45) is 7.05 Å². The van der Waals surface area contributed by atoms with Gasteiger partial charge in [-0.15, -0.1) is 0 Å². The van der Waals surface area contributed by atoms with E-state index in [-0.39, 0.29) is 6.10 Å². The molecule has 1 aromatic carbocycles. The lowest BCUT2D eigenvalue weighted by Gasteiger charge is -2.14. The van der Waals surface area contributed by atoms with Crippen molar-refractivity contribution in [2.45, 2.75) is 26.5 Å². The molecule has 7 heteroatoms. The molecule has 2 aromatic rings. The quantitative estimate of drug-likeness (QED) is 0.865. The minimum Gasteiger partial charge on any atom is -0.493 e. The number of nitrogens with zero attached hydrogens (tertiary/aromatic N) is 4. The Morgan fingerprint density at radius 2 is 2.10 bits per heavy atom. The van der Waals surface area contributed by atoms with Gasteiger partial charge in [0.05, 0.1) is 13.2 Å². The van der Waals surface area contributed by atoms with Gasteiger partial charge in [-0.25, -0.2) is 4.68 Å². The van der Waals surface area contributed by atoms with Crippen LogP contribution in [0.2, 0.25) is 0 Å². The average molecular weight is 277 g/mol. The summed E-state index contributed by atoms with van der Waals surface area (Å²) >= 11 is 0. The van der Waals surface area contributed by atoms with Crippen LogP contribution in [0.1, 0.15) is 19.4 Å². The first-order valence-electron chi connectivity index (χ1n) is 6.40. The van der Waals surface area contributed by atoms with E-state index in [9.17, 15) is 0 Å². The molecule has 7 nitrogen and oxygen atoms in total. The zero-order chi connectivity index (χ0) is 14.5. The van der Waals surface area contributed by atoms with Crippen LogP contribution in [0.15, 0.2) is 18.2 Å². The largest absolute Gasteiger partial charge is 0.493 e. The fourth-order valence-electron chi connectivity index (χ4n) is 1.73. The van der Waals surface area contributed by atoms with Crippen LogP contribution in [0, 0.1) is 0 Å². The molecule has 0 aliphatic rings. The molecule has 2 rings (SSSR count). The summed E-state index contributed by atoms with van der Waals surface area (Å²) in [5, 5.41) is 14.3. The number of benzene rings is 1. The van der Waals surface area contributed by atoms with Gasteiger partial charge in [0.25, 0.3) is 0 Å². The minimum absolute atomic E-state index is 0.109. The first kappa shape index (κ1) is 14.1. The van der Waals surface area contributed by atoms with Crippen molar-refractivity contribution >= 4 is 5.95 Å². The number of ether oxygens (including phenoxy) is 2. The molecule has 0 saturated heterocycles. The van der Waals surface area contributed by atoms with E-state index in [0.29, 0.717) is 18.2 Å². The van der Waals surface area contributed by atoms with Crippen molar-refractivity contribution in [3.8, 4) is 11.5 Å². The minimum atomic E-state index is 0.109. The number of hydrogen-bond acceptors (Lipinski definition) is 6. The molecule has 0 fully saturated rings. The lowest BCUT2D eigenvalue weighted by Crippen LogP contribution is -2.08. The summed E-state index contributed by atoms with van der Waals surface area (Å²) < 4.78 is 12.6. The molecule has 0 atom stereocenters. The molecular weight excluding hydrogens is 258 g/mol. The Morgan fingerprint density at radius 3 is 2.70 bits per heavy atom. The van der Waals surface area contributed by atoms with E-state index < -0.39 is 0 Å². The second kappa shape index (κ2) is 6.23. The highest BCUT2D eigenvalue weighted by Crippen LogP contribution is 2.29. The van der Waals surface area contributed by atoms with Crippen LogP contribution in [-0.2, 0) is 13.6 Å². The van der Waals surface area contributed by atoms with E-state index in [0.717, 1.165) is 11.3 Å². The van der Waals surface area contributed by atoms with Crippen molar-refractivity contribution in [3.63, 3.8) is 0 Å². The number of rotatable bonds is 6. The number of tetrazole rings is 1. The second-order valence-electron chi connectivity index (χ2n) is 4.63. The van der Waals surface area contributed by atoms with E-state index in [1.807, 2.05) is 32.0 Å². The van der Waals surface area contributed by atoms with Gasteiger partial charge in [-0.05, 0) is 42.0 Å². The normalized spacial score (nSPS) is 10.7. The van der Waals surface area contributed by atoms with Crippen molar-refractivity contribution in [2.75, 3.05) is 12.4 Å². The van der Waals surface area contributed by atoms with Gasteiger partial charge < -0.3 is 14.8 Å². The highest BCUT2D eigenvalue weighted by Gasteiger charge is 2.08. The van der Waals surface area contributed by atoms with Crippen LogP contribution in [0.3, 0.4) is 0 Å². The van der Waals surface area contributed by atoms with Gasteiger partial charge in [0.1, 0.15) is 0 Å². The molecule has 1 aromatic heterocycles. The molecule has 0 spiro atoms. The molecule has 1 heterocycles. The lowest BCUT2D eigenvalue weighted by molar-refractivity contribution is 0.230. The van der Waals surface area contributed by atoms with Crippen molar-refractivity contribution < 1.29 is 9.47 Å². The summed E-state index contributed by atoms with van der Waals surface area (Å²) in [6.45, 7) is 4.57. The Bertz CT molecular complexity index is 568. The number of anilines is 1. The Hall–Kier alpha value is -2.31. The zero-order valence-corrected chi connectivity index (χ0v) is 12.1. The van der Waals surface area contributed by atoms with Crippen molar-refractivity contribution in [3.05, 3.63) is 23.8 Å². The molecule has 0 radical (unpaired) electrons. The van der Waals surface area contributed by atoms with Crippen LogP contribution in [0.4, 0.5) is 5.95 Å². The molecular formula is C13H19N5O2. The van der Waals surface area contributed by atoms with Crippen LogP contribution >= 0.6 is 0 Å². The number of aromatic nitrogens is 4. The maximum absolute atomic E-state index is 5.68. The third kappa shape index (κ3) is 3.37.